The van der Waals surface area contributed by atoms with Gasteiger partial charge in [0, 0.05) is 9.77 Å². The fraction of sp³-hybridized carbons (Fsp3) is 0.308. The summed E-state index contributed by atoms with van der Waals surface area (Å²) in [6.45, 7) is 6.42. The van der Waals surface area contributed by atoms with Crippen LogP contribution in [-0.2, 0) is 0 Å². The average molecular weight is 326 g/mol. The fourth-order valence-electron chi connectivity index (χ4n) is 1.58. The second-order valence-electron chi connectivity index (χ2n) is 4.29. The molecule has 0 aliphatic carbocycles. The summed E-state index contributed by atoms with van der Waals surface area (Å²) in [6.07, 6.45) is 2.03. The highest BCUT2D eigenvalue weighted by atomic mass is 127. The third-order valence-corrected chi connectivity index (χ3v) is 3.46. The first kappa shape index (κ1) is 11.6. The molecular weight excluding hydrogens is 311 g/mol. The summed E-state index contributed by atoms with van der Waals surface area (Å²) in [6, 6.07) is 8.50. The van der Waals surface area contributed by atoms with Crippen LogP contribution in [0.3, 0.4) is 0 Å². The first-order chi connectivity index (χ1) is 7.58. The molecule has 84 valence electrons. The molecule has 16 heavy (non-hydrogen) atoms. The number of rotatable bonds is 2. The van der Waals surface area contributed by atoms with Crippen LogP contribution in [0.2, 0.25) is 0 Å². The number of nitrogens with zero attached hydrogens (tertiary/aromatic N) is 2. The number of aromatic nitrogens is 2. The summed E-state index contributed by atoms with van der Waals surface area (Å²) in [5.41, 5.74) is 3.56. The van der Waals surface area contributed by atoms with Crippen molar-refractivity contribution >= 4 is 22.6 Å². The molecule has 0 N–H and O–H groups in total. The minimum absolute atomic E-state index is 0.476. The number of hydrogen-bond acceptors (Lipinski definition) is 1. The topological polar surface area (TPSA) is 17.8 Å². The number of halogens is 1. The lowest BCUT2D eigenvalue weighted by molar-refractivity contribution is 0.766. The zero-order chi connectivity index (χ0) is 11.7. The van der Waals surface area contributed by atoms with Crippen molar-refractivity contribution in [3.05, 3.63) is 45.3 Å². The second-order valence-corrected chi connectivity index (χ2v) is 5.46. The minimum Gasteiger partial charge on any atom is -0.240 e. The van der Waals surface area contributed by atoms with Crippen LogP contribution in [0.5, 0.6) is 0 Å². The molecule has 0 spiro atoms. The van der Waals surface area contributed by atoms with Gasteiger partial charge < -0.3 is 0 Å². The molecule has 0 unspecified atom stereocenters. The first-order valence-electron chi connectivity index (χ1n) is 5.40. The van der Waals surface area contributed by atoms with Crippen LogP contribution in [0.15, 0.2) is 30.5 Å². The van der Waals surface area contributed by atoms with Gasteiger partial charge in [-0.3, -0.25) is 0 Å². The van der Waals surface area contributed by atoms with Crippen molar-refractivity contribution in [2.24, 2.45) is 0 Å². The predicted octanol–water partition coefficient (Wildman–Crippen LogP) is 3.91. The van der Waals surface area contributed by atoms with E-state index in [1.807, 2.05) is 10.9 Å². The highest BCUT2D eigenvalue weighted by molar-refractivity contribution is 14.1. The monoisotopic (exact) mass is 326 g/mol. The van der Waals surface area contributed by atoms with Gasteiger partial charge in [0.15, 0.2) is 0 Å². The summed E-state index contributed by atoms with van der Waals surface area (Å²) in [5, 5.41) is 4.59. The minimum atomic E-state index is 0.476. The van der Waals surface area contributed by atoms with E-state index in [0.29, 0.717) is 5.92 Å². The molecule has 2 rings (SSSR count). The third-order valence-electron chi connectivity index (χ3n) is 2.55. The Kier molecular flexibility index (Phi) is 3.33. The maximum absolute atomic E-state index is 4.59. The van der Waals surface area contributed by atoms with Gasteiger partial charge in [-0.1, -0.05) is 19.9 Å². The molecule has 1 aromatic carbocycles. The SMILES string of the molecule is Cc1ccc(I)c(-n2ccc(C(C)C)n2)c1. The maximum Gasteiger partial charge on any atom is 0.0781 e. The van der Waals surface area contributed by atoms with E-state index < -0.39 is 0 Å². The Labute approximate surface area is 110 Å². The van der Waals surface area contributed by atoms with Gasteiger partial charge in [0.05, 0.1) is 11.4 Å². The van der Waals surface area contributed by atoms with Gasteiger partial charge in [0.25, 0.3) is 0 Å². The highest BCUT2D eigenvalue weighted by Crippen LogP contribution is 2.20. The largest absolute Gasteiger partial charge is 0.240 e. The van der Waals surface area contributed by atoms with Gasteiger partial charge in [-0.25, -0.2) is 4.68 Å². The molecule has 1 aromatic heterocycles. The average Bonchev–Trinajstić information content (AvgIpc) is 2.70. The molecule has 0 amide bonds. The predicted molar refractivity (Wildman–Crippen MR) is 75.1 cm³/mol. The zero-order valence-corrected chi connectivity index (χ0v) is 11.9. The van der Waals surface area contributed by atoms with Crippen LogP contribution in [-0.4, -0.2) is 9.78 Å². The maximum atomic E-state index is 4.59. The first-order valence-corrected chi connectivity index (χ1v) is 6.48. The summed E-state index contributed by atoms with van der Waals surface area (Å²) in [5.74, 6) is 0.476. The third kappa shape index (κ3) is 2.29. The van der Waals surface area contributed by atoms with Gasteiger partial charge in [-0.2, -0.15) is 5.10 Å². The molecular formula is C13H15IN2. The van der Waals surface area contributed by atoms with Crippen LogP contribution in [0, 0.1) is 10.5 Å². The Morgan fingerprint density at radius 1 is 1.25 bits per heavy atom. The highest BCUT2D eigenvalue weighted by Gasteiger charge is 2.07. The molecule has 0 radical (unpaired) electrons. The quantitative estimate of drug-likeness (QED) is 0.765. The van der Waals surface area contributed by atoms with Crippen LogP contribution in [0.1, 0.15) is 31.0 Å². The Bertz CT molecular complexity index is 500. The molecule has 0 aliphatic rings. The number of benzene rings is 1. The molecule has 1 heterocycles. The molecule has 2 aromatic rings. The van der Waals surface area contributed by atoms with E-state index in [0.717, 1.165) is 11.4 Å². The molecule has 3 heteroatoms. The van der Waals surface area contributed by atoms with Crippen molar-refractivity contribution in [2.75, 3.05) is 0 Å². The summed E-state index contributed by atoms with van der Waals surface area (Å²) in [4.78, 5) is 0. The second kappa shape index (κ2) is 4.57. The summed E-state index contributed by atoms with van der Waals surface area (Å²) < 4.78 is 3.19. The Hall–Kier alpha value is -0.840. The van der Waals surface area contributed by atoms with Gasteiger partial charge in [0.1, 0.15) is 0 Å². The van der Waals surface area contributed by atoms with E-state index >= 15 is 0 Å². The molecule has 0 bridgehead atoms. The van der Waals surface area contributed by atoms with Gasteiger partial charge in [0.2, 0.25) is 0 Å². The van der Waals surface area contributed by atoms with Crippen molar-refractivity contribution in [1.29, 1.82) is 0 Å². The Morgan fingerprint density at radius 3 is 2.62 bits per heavy atom. The lowest BCUT2D eigenvalue weighted by atomic mass is 10.1. The fourth-order valence-corrected chi connectivity index (χ4v) is 2.16. The van der Waals surface area contributed by atoms with Crippen LogP contribution >= 0.6 is 22.6 Å². The normalized spacial score (nSPS) is 11.1. The van der Waals surface area contributed by atoms with E-state index in [4.69, 9.17) is 0 Å². The molecule has 0 atom stereocenters. The smallest absolute Gasteiger partial charge is 0.0781 e. The van der Waals surface area contributed by atoms with Crippen molar-refractivity contribution in [3.8, 4) is 5.69 Å². The summed E-state index contributed by atoms with van der Waals surface area (Å²) in [7, 11) is 0. The summed E-state index contributed by atoms with van der Waals surface area (Å²) >= 11 is 2.35. The van der Waals surface area contributed by atoms with Gasteiger partial charge in [-0.15, -0.1) is 0 Å². The van der Waals surface area contributed by atoms with Crippen LogP contribution in [0.25, 0.3) is 5.69 Å². The van der Waals surface area contributed by atoms with E-state index in [2.05, 4.69) is 72.7 Å². The van der Waals surface area contributed by atoms with Crippen molar-refractivity contribution < 1.29 is 0 Å². The Balaban J connectivity index is 2.46. The molecule has 0 saturated carbocycles. The Morgan fingerprint density at radius 2 is 2.00 bits per heavy atom. The van der Waals surface area contributed by atoms with E-state index in [9.17, 15) is 0 Å². The van der Waals surface area contributed by atoms with Crippen molar-refractivity contribution in [2.45, 2.75) is 26.7 Å². The lowest BCUT2D eigenvalue weighted by Crippen LogP contribution is -2.00. The number of hydrogen-bond donors (Lipinski definition) is 0. The van der Waals surface area contributed by atoms with Gasteiger partial charge in [-0.05, 0) is 59.2 Å². The standard InChI is InChI=1S/C13H15IN2/c1-9(2)12-6-7-16(15-12)13-8-10(3)4-5-11(13)14/h4-9H,1-3H3. The molecule has 0 fully saturated rings. The van der Waals surface area contributed by atoms with Crippen molar-refractivity contribution in [3.63, 3.8) is 0 Å². The van der Waals surface area contributed by atoms with Crippen LogP contribution in [0.4, 0.5) is 0 Å². The van der Waals surface area contributed by atoms with Gasteiger partial charge >= 0.3 is 0 Å². The zero-order valence-electron chi connectivity index (χ0n) is 9.74. The molecule has 0 aliphatic heterocycles. The van der Waals surface area contributed by atoms with E-state index in [1.165, 1.54) is 9.13 Å². The molecule has 0 saturated heterocycles. The van der Waals surface area contributed by atoms with Crippen LogP contribution < -0.4 is 0 Å². The van der Waals surface area contributed by atoms with Crippen molar-refractivity contribution in [1.82, 2.24) is 9.78 Å². The number of aryl methyl sites for hydroxylation is 1. The molecule has 2 nitrogen and oxygen atoms in total. The van der Waals surface area contributed by atoms with E-state index in [-0.39, 0.29) is 0 Å². The van der Waals surface area contributed by atoms with E-state index in [1.54, 1.807) is 0 Å². The lowest BCUT2D eigenvalue weighted by Gasteiger charge is -2.06.